The fourth-order valence-electron chi connectivity index (χ4n) is 3.13. The highest BCUT2D eigenvalue weighted by atomic mass is 31.1. The summed E-state index contributed by atoms with van der Waals surface area (Å²) in [7, 11) is 0.305. The first-order chi connectivity index (χ1) is 14.7. The number of rotatable bonds is 8. The van der Waals surface area contributed by atoms with Crippen LogP contribution >= 0.6 is 7.92 Å². The van der Waals surface area contributed by atoms with Gasteiger partial charge in [-0.1, -0.05) is 60.7 Å². The second-order valence-electron chi connectivity index (χ2n) is 6.63. The van der Waals surface area contributed by atoms with Gasteiger partial charge in [0.25, 0.3) is 5.91 Å². The molecule has 0 spiro atoms. The molecule has 5 nitrogen and oxygen atoms in total. The molecule has 0 atom stereocenters. The summed E-state index contributed by atoms with van der Waals surface area (Å²) in [4.78, 5) is 25.2. The Bertz CT molecular complexity index is 954. The molecule has 0 saturated carbocycles. The van der Waals surface area contributed by atoms with Gasteiger partial charge < -0.3 is 15.8 Å². The van der Waals surface area contributed by atoms with Gasteiger partial charge in [-0.05, 0) is 49.7 Å². The van der Waals surface area contributed by atoms with Crippen LogP contribution in [-0.2, 0) is 4.74 Å². The average Bonchev–Trinajstić information content (AvgIpc) is 2.80. The minimum Gasteiger partial charge on any atom is -0.465 e. The number of hydrogen-bond acceptors (Lipinski definition) is 4. The molecule has 3 aromatic rings. The van der Waals surface area contributed by atoms with E-state index in [-0.39, 0.29) is 5.91 Å². The van der Waals surface area contributed by atoms with Crippen LogP contribution in [0, 0.1) is 0 Å². The van der Waals surface area contributed by atoms with Crippen molar-refractivity contribution in [3.63, 3.8) is 0 Å². The van der Waals surface area contributed by atoms with Crippen molar-refractivity contribution in [1.82, 2.24) is 5.32 Å². The molecule has 0 aromatic heterocycles. The van der Waals surface area contributed by atoms with Crippen molar-refractivity contribution < 1.29 is 14.3 Å². The van der Waals surface area contributed by atoms with Gasteiger partial charge in [0.05, 0.1) is 12.7 Å². The molecule has 6 heteroatoms. The first-order valence-corrected chi connectivity index (χ1v) is 11.1. The molecule has 0 fully saturated rings. The van der Waals surface area contributed by atoms with Crippen LogP contribution in [0.2, 0.25) is 0 Å². The summed E-state index contributed by atoms with van der Waals surface area (Å²) in [6, 6.07) is 25.2. The molecule has 0 radical (unpaired) electrons. The molecule has 0 aliphatic carbocycles. The van der Waals surface area contributed by atoms with E-state index in [1.807, 2.05) is 66.7 Å². The molecule has 0 heterocycles. The van der Waals surface area contributed by atoms with Crippen LogP contribution in [0.5, 0.6) is 0 Å². The first-order valence-electron chi connectivity index (χ1n) is 9.76. The third-order valence-corrected chi connectivity index (χ3v) is 7.08. The van der Waals surface area contributed by atoms with Gasteiger partial charge in [0.2, 0.25) is 0 Å². The summed E-state index contributed by atoms with van der Waals surface area (Å²) in [5.41, 5.74) is 6.49. The number of hydrogen-bond donors (Lipinski definition) is 2. The van der Waals surface area contributed by atoms with Crippen molar-refractivity contribution in [2.75, 3.05) is 20.2 Å². The van der Waals surface area contributed by atoms with E-state index >= 15 is 0 Å². The molecule has 3 rings (SSSR count). The zero-order valence-corrected chi connectivity index (χ0v) is 17.8. The smallest absolute Gasteiger partial charge is 0.338 e. The lowest BCUT2D eigenvalue weighted by Crippen LogP contribution is -2.29. The van der Waals surface area contributed by atoms with Gasteiger partial charge in [-0.3, -0.25) is 4.79 Å². The largest absolute Gasteiger partial charge is 0.465 e. The Hall–Kier alpha value is -3.01. The van der Waals surface area contributed by atoms with Gasteiger partial charge in [-0.15, -0.1) is 0 Å². The van der Waals surface area contributed by atoms with Gasteiger partial charge >= 0.3 is 5.97 Å². The number of ether oxygens (including phenoxy) is 1. The monoisotopic (exact) mass is 420 g/mol. The maximum absolute atomic E-state index is 12.7. The SMILES string of the molecule is COC(=O)c1ccc(C(=O)NCCCN)cc1P(c1ccccc1)c1ccccc1. The Labute approximate surface area is 178 Å². The van der Waals surface area contributed by atoms with E-state index in [0.29, 0.717) is 30.6 Å². The lowest BCUT2D eigenvalue weighted by Gasteiger charge is -2.22. The highest BCUT2D eigenvalue weighted by Gasteiger charge is 2.24. The maximum atomic E-state index is 12.7. The molecule has 3 N–H and O–H groups in total. The van der Waals surface area contributed by atoms with Gasteiger partial charge in [-0.2, -0.15) is 0 Å². The fraction of sp³-hybridized carbons (Fsp3) is 0.167. The number of carbonyl (C=O) groups is 2. The van der Waals surface area contributed by atoms with Crippen molar-refractivity contribution in [3.05, 3.63) is 90.0 Å². The predicted molar refractivity (Wildman–Crippen MR) is 122 cm³/mol. The Kier molecular flexibility index (Phi) is 7.72. The van der Waals surface area contributed by atoms with Crippen LogP contribution in [0.1, 0.15) is 27.1 Å². The van der Waals surface area contributed by atoms with Crippen molar-refractivity contribution in [2.24, 2.45) is 5.73 Å². The molecule has 0 unspecified atom stereocenters. The Balaban J connectivity index is 2.13. The lowest BCUT2D eigenvalue weighted by atomic mass is 10.1. The lowest BCUT2D eigenvalue weighted by molar-refractivity contribution is 0.0602. The van der Waals surface area contributed by atoms with E-state index in [2.05, 4.69) is 5.32 Å². The predicted octanol–water partition coefficient (Wildman–Crippen LogP) is 2.31. The molecule has 30 heavy (non-hydrogen) atoms. The van der Waals surface area contributed by atoms with E-state index in [0.717, 1.165) is 15.9 Å². The number of nitrogens with two attached hydrogens (primary N) is 1. The second kappa shape index (κ2) is 10.7. The van der Waals surface area contributed by atoms with Gasteiger partial charge in [0, 0.05) is 17.4 Å². The quantitative estimate of drug-likeness (QED) is 0.333. The normalized spacial score (nSPS) is 10.6. The summed E-state index contributed by atoms with van der Waals surface area (Å²) < 4.78 is 5.04. The third-order valence-electron chi connectivity index (χ3n) is 4.60. The number of carbonyl (C=O) groups excluding carboxylic acids is 2. The molecule has 0 bridgehead atoms. The topological polar surface area (TPSA) is 81.4 Å². The summed E-state index contributed by atoms with van der Waals surface area (Å²) in [6.45, 7) is 1.02. The third kappa shape index (κ3) is 5.12. The number of amides is 1. The van der Waals surface area contributed by atoms with Gasteiger partial charge in [0.1, 0.15) is 0 Å². The molecule has 3 aromatic carbocycles. The minimum atomic E-state index is -1.06. The molecule has 0 aliphatic rings. The molecule has 0 saturated heterocycles. The van der Waals surface area contributed by atoms with Crippen molar-refractivity contribution >= 4 is 35.7 Å². The Morgan fingerprint density at radius 3 is 2.07 bits per heavy atom. The first kappa shape index (κ1) is 21.7. The Morgan fingerprint density at radius 1 is 0.933 bits per heavy atom. The summed E-state index contributed by atoms with van der Waals surface area (Å²) in [5, 5.41) is 5.85. The number of esters is 1. The molecular formula is C24H25N2O3P. The van der Waals surface area contributed by atoms with E-state index in [1.165, 1.54) is 7.11 Å². The van der Waals surface area contributed by atoms with Crippen LogP contribution in [0.4, 0.5) is 0 Å². The van der Waals surface area contributed by atoms with Crippen LogP contribution in [0.15, 0.2) is 78.9 Å². The zero-order chi connectivity index (χ0) is 21.3. The minimum absolute atomic E-state index is 0.183. The van der Waals surface area contributed by atoms with Crippen molar-refractivity contribution in [2.45, 2.75) is 6.42 Å². The van der Waals surface area contributed by atoms with Crippen LogP contribution in [0.25, 0.3) is 0 Å². The molecule has 0 aliphatic heterocycles. The average molecular weight is 420 g/mol. The molecule has 1 amide bonds. The summed E-state index contributed by atoms with van der Waals surface area (Å²) in [6.07, 6.45) is 0.708. The van der Waals surface area contributed by atoms with Crippen LogP contribution in [0.3, 0.4) is 0 Å². The maximum Gasteiger partial charge on any atom is 0.338 e. The molecule has 154 valence electrons. The van der Waals surface area contributed by atoms with Gasteiger partial charge in [0.15, 0.2) is 0 Å². The van der Waals surface area contributed by atoms with E-state index in [1.54, 1.807) is 12.1 Å². The highest BCUT2D eigenvalue weighted by molar-refractivity contribution is 7.80. The highest BCUT2D eigenvalue weighted by Crippen LogP contribution is 2.34. The van der Waals surface area contributed by atoms with E-state index in [9.17, 15) is 9.59 Å². The van der Waals surface area contributed by atoms with Crippen LogP contribution in [-0.4, -0.2) is 32.1 Å². The zero-order valence-electron chi connectivity index (χ0n) is 16.9. The van der Waals surface area contributed by atoms with Crippen molar-refractivity contribution in [1.29, 1.82) is 0 Å². The standard InChI is InChI=1S/C24H25N2O3P/c1-29-24(28)21-14-13-18(23(27)26-16-8-15-25)17-22(21)30(19-9-4-2-5-10-19)20-11-6-3-7-12-20/h2-7,9-14,17H,8,15-16,25H2,1H3,(H,26,27). The number of nitrogens with one attached hydrogen (secondary N) is 1. The molecular weight excluding hydrogens is 395 g/mol. The second-order valence-corrected chi connectivity index (χ2v) is 8.81. The number of methoxy groups -OCH3 is 1. The Morgan fingerprint density at radius 2 is 1.53 bits per heavy atom. The van der Waals surface area contributed by atoms with Gasteiger partial charge in [-0.25, -0.2) is 4.79 Å². The summed E-state index contributed by atoms with van der Waals surface area (Å²) in [5.74, 6) is -0.600. The summed E-state index contributed by atoms with van der Waals surface area (Å²) >= 11 is 0. The van der Waals surface area contributed by atoms with Crippen LogP contribution < -0.4 is 27.0 Å². The van der Waals surface area contributed by atoms with Crippen molar-refractivity contribution in [3.8, 4) is 0 Å². The fourth-order valence-corrected chi connectivity index (χ4v) is 5.60. The van der Waals surface area contributed by atoms with E-state index in [4.69, 9.17) is 10.5 Å². The number of benzene rings is 3. The van der Waals surface area contributed by atoms with E-state index < -0.39 is 13.9 Å².